The van der Waals surface area contributed by atoms with Gasteiger partial charge in [0.05, 0.1) is 18.4 Å². The van der Waals surface area contributed by atoms with E-state index in [1.165, 1.54) is 13.2 Å². The van der Waals surface area contributed by atoms with Gasteiger partial charge in [-0.3, -0.25) is 0 Å². The third-order valence-electron chi connectivity index (χ3n) is 3.28. The number of esters is 1. The van der Waals surface area contributed by atoms with E-state index in [2.05, 4.69) is 23.9 Å². The predicted molar refractivity (Wildman–Crippen MR) is 74.7 cm³/mol. The smallest absolute Gasteiger partial charge is 0.340 e. The Balaban J connectivity index is 2.91. The quantitative estimate of drug-likeness (QED) is 0.615. The summed E-state index contributed by atoms with van der Waals surface area (Å²) in [6.07, 6.45) is 2.04. The summed E-state index contributed by atoms with van der Waals surface area (Å²) in [7, 11) is 1.27. The van der Waals surface area contributed by atoms with Crippen LogP contribution in [0.3, 0.4) is 0 Å². The molecule has 0 unspecified atom stereocenters. The summed E-state index contributed by atoms with van der Waals surface area (Å²) in [6.45, 7) is 4.85. The van der Waals surface area contributed by atoms with Crippen molar-refractivity contribution in [3.8, 4) is 0 Å². The Kier molecular flexibility index (Phi) is 5.60. The standard InChI is InChI=1S/C14H21FN2O2/c1-4-9(5-2)8-17-13-6-10(14(18)19-3)12(16)7-11(13)15/h6-7,9,17H,4-5,8,16H2,1-3H3. The summed E-state index contributed by atoms with van der Waals surface area (Å²) in [4.78, 5) is 11.5. The van der Waals surface area contributed by atoms with Gasteiger partial charge in [-0.1, -0.05) is 26.7 Å². The third-order valence-corrected chi connectivity index (χ3v) is 3.28. The number of halogens is 1. The molecular formula is C14H21FN2O2. The molecule has 3 N–H and O–H groups in total. The van der Waals surface area contributed by atoms with Crippen LogP contribution >= 0.6 is 0 Å². The van der Waals surface area contributed by atoms with Gasteiger partial charge in [-0.15, -0.1) is 0 Å². The first-order chi connectivity index (χ1) is 9.03. The maximum absolute atomic E-state index is 13.8. The van der Waals surface area contributed by atoms with E-state index in [-0.39, 0.29) is 16.9 Å². The molecule has 0 saturated heterocycles. The van der Waals surface area contributed by atoms with Crippen LogP contribution in [0.25, 0.3) is 0 Å². The van der Waals surface area contributed by atoms with E-state index in [1.54, 1.807) is 0 Å². The number of carbonyl (C=O) groups is 1. The van der Waals surface area contributed by atoms with Crippen molar-refractivity contribution in [3.63, 3.8) is 0 Å². The monoisotopic (exact) mass is 268 g/mol. The molecule has 5 heteroatoms. The predicted octanol–water partition coefficient (Wildman–Crippen LogP) is 3.04. The molecule has 1 aromatic rings. The Hall–Kier alpha value is -1.78. The van der Waals surface area contributed by atoms with Gasteiger partial charge in [0.1, 0.15) is 5.82 Å². The van der Waals surface area contributed by atoms with Crippen molar-refractivity contribution >= 4 is 17.3 Å². The van der Waals surface area contributed by atoms with Crippen LogP contribution in [-0.2, 0) is 4.74 Å². The van der Waals surface area contributed by atoms with Crippen LogP contribution < -0.4 is 11.1 Å². The van der Waals surface area contributed by atoms with Gasteiger partial charge in [-0.2, -0.15) is 0 Å². The zero-order chi connectivity index (χ0) is 14.4. The number of anilines is 2. The van der Waals surface area contributed by atoms with Gasteiger partial charge < -0.3 is 15.8 Å². The van der Waals surface area contributed by atoms with E-state index < -0.39 is 11.8 Å². The molecule has 4 nitrogen and oxygen atoms in total. The van der Waals surface area contributed by atoms with Crippen molar-refractivity contribution in [3.05, 3.63) is 23.5 Å². The number of nitrogens with one attached hydrogen (secondary N) is 1. The second-order valence-corrected chi connectivity index (χ2v) is 4.47. The number of benzene rings is 1. The molecule has 106 valence electrons. The molecule has 0 aliphatic carbocycles. The van der Waals surface area contributed by atoms with E-state index in [9.17, 15) is 9.18 Å². The second kappa shape index (κ2) is 6.97. The highest BCUT2D eigenvalue weighted by Crippen LogP contribution is 2.23. The van der Waals surface area contributed by atoms with Gasteiger partial charge in [0.2, 0.25) is 0 Å². The first kappa shape index (κ1) is 15.3. The van der Waals surface area contributed by atoms with Crippen LogP contribution in [-0.4, -0.2) is 19.6 Å². The van der Waals surface area contributed by atoms with Crippen molar-refractivity contribution in [2.45, 2.75) is 26.7 Å². The first-order valence-corrected chi connectivity index (χ1v) is 6.44. The lowest BCUT2D eigenvalue weighted by Crippen LogP contribution is -2.15. The third kappa shape index (κ3) is 3.84. The van der Waals surface area contributed by atoms with Gasteiger partial charge in [0.15, 0.2) is 0 Å². The average molecular weight is 268 g/mol. The summed E-state index contributed by atoms with van der Waals surface area (Å²) in [5, 5.41) is 3.02. The van der Waals surface area contributed by atoms with Crippen molar-refractivity contribution in [2.75, 3.05) is 24.7 Å². The minimum absolute atomic E-state index is 0.0810. The molecule has 0 aromatic heterocycles. The van der Waals surface area contributed by atoms with Gasteiger partial charge in [-0.25, -0.2) is 9.18 Å². The molecule has 0 saturated carbocycles. The fourth-order valence-corrected chi connectivity index (χ4v) is 1.84. The van der Waals surface area contributed by atoms with Crippen LogP contribution in [0.4, 0.5) is 15.8 Å². The number of nitrogen functional groups attached to an aromatic ring is 1. The van der Waals surface area contributed by atoms with E-state index in [0.717, 1.165) is 18.9 Å². The van der Waals surface area contributed by atoms with Crippen LogP contribution in [0.5, 0.6) is 0 Å². The van der Waals surface area contributed by atoms with Crippen LogP contribution in [0.2, 0.25) is 0 Å². The van der Waals surface area contributed by atoms with Crippen LogP contribution in [0.1, 0.15) is 37.0 Å². The Morgan fingerprint density at radius 2 is 2.05 bits per heavy atom. The van der Waals surface area contributed by atoms with E-state index in [0.29, 0.717) is 12.5 Å². The minimum atomic E-state index is -0.567. The zero-order valence-corrected chi connectivity index (χ0v) is 11.6. The molecule has 1 aromatic carbocycles. The number of rotatable bonds is 6. The second-order valence-electron chi connectivity index (χ2n) is 4.47. The lowest BCUT2D eigenvalue weighted by molar-refractivity contribution is 0.0602. The summed E-state index contributed by atoms with van der Waals surface area (Å²) < 4.78 is 18.4. The molecule has 0 bridgehead atoms. The van der Waals surface area contributed by atoms with Crippen molar-refractivity contribution in [2.24, 2.45) is 5.92 Å². The highest BCUT2D eigenvalue weighted by Gasteiger charge is 2.15. The molecule has 0 fully saturated rings. The lowest BCUT2D eigenvalue weighted by atomic mass is 10.0. The molecule has 0 heterocycles. The fraction of sp³-hybridized carbons (Fsp3) is 0.500. The van der Waals surface area contributed by atoms with Crippen LogP contribution in [0, 0.1) is 11.7 Å². The Labute approximate surface area is 113 Å². The lowest BCUT2D eigenvalue weighted by Gasteiger charge is -2.16. The first-order valence-electron chi connectivity index (χ1n) is 6.44. The van der Waals surface area contributed by atoms with Gasteiger partial charge in [0.25, 0.3) is 0 Å². The van der Waals surface area contributed by atoms with Crippen LogP contribution in [0.15, 0.2) is 12.1 Å². The number of hydrogen-bond acceptors (Lipinski definition) is 4. The molecule has 0 amide bonds. The Morgan fingerprint density at radius 1 is 1.42 bits per heavy atom. The molecule has 19 heavy (non-hydrogen) atoms. The molecule has 0 spiro atoms. The maximum atomic E-state index is 13.8. The SMILES string of the molecule is CCC(CC)CNc1cc(C(=O)OC)c(N)cc1F. The minimum Gasteiger partial charge on any atom is -0.465 e. The van der Waals surface area contributed by atoms with Gasteiger partial charge in [0, 0.05) is 12.2 Å². The van der Waals surface area contributed by atoms with Crippen molar-refractivity contribution < 1.29 is 13.9 Å². The van der Waals surface area contributed by atoms with Crippen molar-refractivity contribution in [1.29, 1.82) is 0 Å². The number of carbonyl (C=O) groups excluding carboxylic acids is 1. The summed E-state index contributed by atoms with van der Waals surface area (Å²) >= 11 is 0. The molecule has 0 atom stereocenters. The molecule has 0 aliphatic rings. The topological polar surface area (TPSA) is 64.3 Å². The van der Waals surface area contributed by atoms with E-state index in [4.69, 9.17) is 5.73 Å². The number of methoxy groups -OCH3 is 1. The summed E-state index contributed by atoms with van der Waals surface area (Å²) in [5.74, 6) is -0.558. The summed E-state index contributed by atoms with van der Waals surface area (Å²) in [5.41, 5.74) is 6.14. The maximum Gasteiger partial charge on any atom is 0.340 e. The number of ether oxygens (including phenoxy) is 1. The number of hydrogen-bond donors (Lipinski definition) is 2. The molecule has 0 aliphatic heterocycles. The normalized spacial score (nSPS) is 10.6. The van der Waals surface area contributed by atoms with Gasteiger partial charge >= 0.3 is 5.97 Å². The molecule has 1 rings (SSSR count). The van der Waals surface area contributed by atoms with Gasteiger partial charge in [-0.05, 0) is 18.1 Å². The Bertz CT molecular complexity index is 445. The highest BCUT2D eigenvalue weighted by atomic mass is 19.1. The summed E-state index contributed by atoms with van der Waals surface area (Å²) in [6, 6.07) is 2.54. The Morgan fingerprint density at radius 3 is 2.58 bits per heavy atom. The average Bonchev–Trinajstić information content (AvgIpc) is 2.41. The zero-order valence-electron chi connectivity index (χ0n) is 11.6. The highest BCUT2D eigenvalue weighted by molar-refractivity contribution is 5.96. The van der Waals surface area contributed by atoms with Crippen molar-refractivity contribution in [1.82, 2.24) is 0 Å². The largest absolute Gasteiger partial charge is 0.465 e. The van der Waals surface area contributed by atoms with E-state index in [1.807, 2.05) is 0 Å². The molecular weight excluding hydrogens is 247 g/mol. The fourth-order valence-electron chi connectivity index (χ4n) is 1.84. The number of nitrogens with two attached hydrogens (primary N) is 1. The molecule has 0 radical (unpaired) electrons. The van der Waals surface area contributed by atoms with E-state index >= 15 is 0 Å².